The Balaban J connectivity index is 0.847. The summed E-state index contributed by atoms with van der Waals surface area (Å²) in [5, 5.41) is 0. The van der Waals surface area contributed by atoms with Gasteiger partial charge in [0.15, 0.2) is 0 Å². The Hall–Kier alpha value is -3.39. The van der Waals surface area contributed by atoms with Crippen molar-refractivity contribution >= 4 is 27.7 Å². The summed E-state index contributed by atoms with van der Waals surface area (Å²) in [5.74, 6) is 1.10. The van der Waals surface area contributed by atoms with Gasteiger partial charge in [-0.25, -0.2) is 17.5 Å². The second kappa shape index (κ2) is 16.7. The number of carbonyl (C=O) groups excluding carboxylic acids is 2. The number of sulfonamides is 1. The molecule has 0 N–H and O–H groups in total. The van der Waals surface area contributed by atoms with Crippen molar-refractivity contribution in [2.24, 2.45) is 0 Å². The fourth-order valence-corrected chi connectivity index (χ4v) is 10.3. The molecule has 52 heavy (non-hydrogen) atoms. The predicted molar refractivity (Wildman–Crippen MR) is 200 cm³/mol. The third-order valence-electron chi connectivity index (χ3n) is 11.8. The minimum absolute atomic E-state index is 0.0471. The van der Waals surface area contributed by atoms with E-state index >= 15 is 0 Å². The van der Waals surface area contributed by atoms with E-state index in [0.29, 0.717) is 81.4 Å². The van der Waals surface area contributed by atoms with Crippen LogP contribution in [-0.2, 0) is 21.4 Å². The normalized spacial score (nSPS) is 22.2. The number of piperidine rings is 4. The number of fused-ring (bicyclic) bond motifs is 1. The first kappa shape index (κ1) is 36.9. The molecule has 4 saturated heterocycles. The van der Waals surface area contributed by atoms with Gasteiger partial charge in [-0.15, -0.1) is 0 Å². The van der Waals surface area contributed by atoms with Crippen LogP contribution in [0.3, 0.4) is 0 Å². The van der Waals surface area contributed by atoms with E-state index in [4.69, 9.17) is 14.2 Å². The number of methoxy groups -OCH3 is 1. The van der Waals surface area contributed by atoms with E-state index < -0.39 is 10.0 Å². The summed E-state index contributed by atoms with van der Waals surface area (Å²) in [6.45, 7) is 7.64. The highest BCUT2D eigenvalue weighted by Gasteiger charge is 2.36. The molecule has 0 atom stereocenters. The molecule has 4 fully saturated rings. The van der Waals surface area contributed by atoms with Crippen molar-refractivity contribution in [2.75, 3.05) is 76.7 Å². The summed E-state index contributed by atoms with van der Waals surface area (Å²) in [4.78, 5) is 35.0. The van der Waals surface area contributed by atoms with Gasteiger partial charge in [0.1, 0.15) is 24.2 Å². The summed E-state index contributed by atoms with van der Waals surface area (Å²) < 4.78 is 45.4. The lowest BCUT2D eigenvalue weighted by Gasteiger charge is -2.40. The lowest BCUT2D eigenvalue weighted by molar-refractivity contribution is 0.0705. The van der Waals surface area contributed by atoms with Crippen molar-refractivity contribution < 1.29 is 32.2 Å². The molecule has 12 nitrogen and oxygen atoms in total. The quantitative estimate of drug-likeness (QED) is 0.316. The zero-order chi connectivity index (χ0) is 36.1. The SMILES string of the molecule is COc1cc(OC2CCN(S(=O)(=O)CCCN3CCC(N4CCCCC4)CC3)CC2)ccc1C(=O)N1CCC(N2C(=O)OCc3ccccc32)CC1. The molecule has 0 saturated carbocycles. The molecule has 0 aromatic heterocycles. The Labute approximate surface area is 309 Å². The average molecular weight is 738 g/mol. The van der Waals surface area contributed by atoms with Gasteiger partial charge in [0, 0.05) is 49.9 Å². The first-order valence-electron chi connectivity index (χ1n) is 19.4. The molecule has 5 heterocycles. The molecule has 0 spiro atoms. The maximum atomic E-state index is 13.6. The summed E-state index contributed by atoms with van der Waals surface area (Å²) in [6, 6.07) is 13.7. The molecule has 7 rings (SSSR count). The number of cyclic esters (lactones) is 1. The van der Waals surface area contributed by atoms with Gasteiger partial charge >= 0.3 is 6.09 Å². The minimum Gasteiger partial charge on any atom is -0.496 e. The minimum atomic E-state index is -3.32. The molecule has 2 aromatic rings. The summed E-state index contributed by atoms with van der Waals surface area (Å²) in [6.07, 6.45) is 9.11. The highest BCUT2D eigenvalue weighted by molar-refractivity contribution is 7.89. The molecule has 0 radical (unpaired) electrons. The molecule has 5 aliphatic heterocycles. The molecule has 0 aliphatic carbocycles. The number of carbonyl (C=O) groups is 2. The average Bonchev–Trinajstić information content (AvgIpc) is 3.18. The molecule has 5 aliphatic rings. The van der Waals surface area contributed by atoms with Crippen molar-refractivity contribution in [3.63, 3.8) is 0 Å². The Morgan fingerprint density at radius 2 is 1.56 bits per heavy atom. The number of ether oxygens (including phenoxy) is 3. The van der Waals surface area contributed by atoms with E-state index in [9.17, 15) is 18.0 Å². The van der Waals surface area contributed by atoms with Crippen molar-refractivity contribution in [3.05, 3.63) is 53.6 Å². The third kappa shape index (κ3) is 8.53. The Morgan fingerprint density at radius 1 is 0.846 bits per heavy atom. The fourth-order valence-electron chi connectivity index (χ4n) is 8.75. The van der Waals surface area contributed by atoms with Crippen molar-refractivity contribution in [2.45, 2.75) is 89.0 Å². The molecular weight excluding hydrogens is 683 g/mol. The van der Waals surface area contributed by atoms with Crippen LogP contribution in [-0.4, -0.2) is 129 Å². The zero-order valence-corrected chi connectivity index (χ0v) is 31.4. The third-order valence-corrected chi connectivity index (χ3v) is 13.7. The summed E-state index contributed by atoms with van der Waals surface area (Å²) in [5.41, 5.74) is 2.34. The van der Waals surface area contributed by atoms with Crippen molar-refractivity contribution in [1.82, 2.24) is 19.0 Å². The first-order chi connectivity index (χ1) is 25.3. The lowest BCUT2D eigenvalue weighted by Crippen LogP contribution is -2.50. The Bertz CT molecular complexity index is 1640. The van der Waals surface area contributed by atoms with E-state index in [1.54, 1.807) is 34.5 Å². The highest BCUT2D eigenvalue weighted by atomic mass is 32.2. The number of anilines is 1. The van der Waals surface area contributed by atoms with E-state index in [2.05, 4.69) is 9.80 Å². The van der Waals surface area contributed by atoms with E-state index in [-0.39, 0.29) is 36.5 Å². The van der Waals surface area contributed by atoms with Crippen LogP contribution >= 0.6 is 0 Å². The van der Waals surface area contributed by atoms with Gasteiger partial charge in [0.05, 0.1) is 24.1 Å². The number of hydrogen-bond donors (Lipinski definition) is 0. The number of hydrogen-bond acceptors (Lipinski definition) is 9. The largest absolute Gasteiger partial charge is 0.496 e. The van der Waals surface area contributed by atoms with Gasteiger partial charge in [0.2, 0.25) is 10.0 Å². The molecule has 13 heteroatoms. The first-order valence-corrected chi connectivity index (χ1v) is 21.0. The number of para-hydroxylation sites is 1. The standard InChI is InChI=1S/C39H55N5O7S/c1-49-37-28-34(10-11-35(37)38(45)42-23-14-32(15-24-42)44-36-9-4-3-8-30(36)29-50-39(44)46)51-33-16-25-43(26-17-33)52(47,48)27-7-18-40-21-12-31(13-22-40)41-19-5-2-6-20-41/h3-4,8-11,28,31-33H,2,5-7,12-27,29H2,1H3. The smallest absolute Gasteiger partial charge is 0.414 e. The molecular formula is C39H55N5O7S. The highest BCUT2D eigenvalue weighted by Crippen LogP contribution is 2.34. The number of rotatable bonds is 11. The maximum Gasteiger partial charge on any atom is 0.414 e. The fraction of sp³-hybridized carbons (Fsp3) is 0.641. The molecule has 0 unspecified atom stereocenters. The molecule has 2 aromatic carbocycles. The summed E-state index contributed by atoms with van der Waals surface area (Å²) in [7, 11) is -1.77. The molecule has 2 amide bonds. The van der Waals surface area contributed by atoms with Crippen LogP contribution in [0.1, 0.15) is 80.1 Å². The van der Waals surface area contributed by atoms with Gasteiger partial charge in [-0.3, -0.25) is 9.69 Å². The van der Waals surface area contributed by atoms with Gasteiger partial charge in [-0.05, 0) is 109 Å². The lowest BCUT2D eigenvalue weighted by atomic mass is 10.00. The van der Waals surface area contributed by atoms with Crippen LogP contribution in [0.15, 0.2) is 42.5 Å². The number of amides is 2. The van der Waals surface area contributed by atoms with E-state index in [1.807, 2.05) is 29.2 Å². The van der Waals surface area contributed by atoms with Gasteiger partial charge < -0.3 is 28.9 Å². The Morgan fingerprint density at radius 3 is 2.29 bits per heavy atom. The second-order valence-corrected chi connectivity index (χ2v) is 17.1. The molecule has 284 valence electrons. The second-order valence-electron chi connectivity index (χ2n) is 15.0. The van der Waals surface area contributed by atoms with Gasteiger partial charge in [-0.2, -0.15) is 0 Å². The molecule has 0 bridgehead atoms. The van der Waals surface area contributed by atoms with Crippen LogP contribution < -0.4 is 14.4 Å². The van der Waals surface area contributed by atoms with E-state index in [1.165, 1.54) is 45.2 Å². The van der Waals surface area contributed by atoms with Crippen LogP contribution in [0.25, 0.3) is 0 Å². The maximum absolute atomic E-state index is 13.6. The van der Waals surface area contributed by atoms with Gasteiger partial charge in [-0.1, -0.05) is 24.6 Å². The summed E-state index contributed by atoms with van der Waals surface area (Å²) >= 11 is 0. The van der Waals surface area contributed by atoms with Gasteiger partial charge in [0.25, 0.3) is 5.91 Å². The predicted octanol–water partition coefficient (Wildman–Crippen LogP) is 4.97. The van der Waals surface area contributed by atoms with Crippen LogP contribution in [0.5, 0.6) is 11.5 Å². The monoisotopic (exact) mass is 737 g/mol. The van der Waals surface area contributed by atoms with Crippen LogP contribution in [0.2, 0.25) is 0 Å². The number of benzene rings is 2. The van der Waals surface area contributed by atoms with Crippen molar-refractivity contribution in [1.29, 1.82) is 0 Å². The zero-order valence-electron chi connectivity index (χ0n) is 30.6. The van der Waals surface area contributed by atoms with Crippen LogP contribution in [0.4, 0.5) is 10.5 Å². The topological polar surface area (TPSA) is 112 Å². The van der Waals surface area contributed by atoms with Crippen molar-refractivity contribution in [3.8, 4) is 11.5 Å². The van der Waals surface area contributed by atoms with E-state index in [0.717, 1.165) is 30.9 Å². The Kier molecular flexibility index (Phi) is 11.9. The number of likely N-dealkylation sites (tertiary alicyclic amines) is 3. The van der Waals surface area contributed by atoms with Crippen LogP contribution in [0, 0.1) is 0 Å². The number of nitrogens with zero attached hydrogens (tertiary/aromatic N) is 5.